The lowest BCUT2D eigenvalue weighted by atomic mass is 9.99. The number of hydrogen-bond donors (Lipinski definition) is 3. The van der Waals surface area contributed by atoms with E-state index < -0.39 is 30.3 Å². The fourth-order valence-electron chi connectivity index (χ4n) is 4.58. The van der Waals surface area contributed by atoms with E-state index in [1.54, 1.807) is 43.1 Å². The number of rotatable bonds is 7. The molecule has 1 aliphatic rings. The summed E-state index contributed by atoms with van der Waals surface area (Å²) in [6, 6.07) is 17.5. The topological polar surface area (TPSA) is 125 Å². The van der Waals surface area contributed by atoms with Crippen molar-refractivity contribution in [2.24, 2.45) is 5.73 Å². The maximum atomic E-state index is 14.1. The molecule has 38 heavy (non-hydrogen) atoms. The third-order valence-corrected chi connectivity index (χ3v) is 6.75. The second-order valence-electron chi connectivity index (χ2n) is 9.21. The lowest BCUT2D eigenvalue weighted by Gasteiger charge is -2.27. The second-order valence-corrected chi connectivity index (χ2v) is 9.21. The number of amides is 4. The van der Waals surface area contributed by atoms with Gasteiger partial charge in [-0.3, -0.25) is 19.2 Å². The average Bonchev–Trinajstić information content (AvgIpc) is 2.99. The summed E-state index contributed by atoms with van der Waals surface area (Å²) in [6.45, 7) is 3.77. The van der Waals surface area contributed by atoms with E-state index in [2.05, 4.69) is 10.6 Å². The van der Waals surface area contributed by atoms with Gasteiger partial charge in [0, 0.05) is 0 Å². The van der Waals surface area contributed by atoms with Crippen LogP contribution in [0.5, 0.6) is 0 Å². The highest BCUT2D eigenvalue weighted by molar-refractivity contribution is 6.11. The van der Waals surface area contributed by atoms with Gasteiger partial charge in [-0.25, -0.2) is 0 Å². The molecule has 4 N–H and O–H groups in total. The van der Waals surface area contributed by atoms with Crippen molar-refractivity contribution in [3.8, 4) is 0 Å². The fourth-order valence-corrected chi connectivity index (χ4v) is 4.58. The Morgan fingerprint density at radius 3 is 2.37 bits per heavy atom. The van der Waals surface area contributed by atoms with Gasteiger partial charge in [-0.1, -0.05) is 48.5 Å². The lowest BCUT2D eigenvalue weighted by molar-refractivity contribution is -0.129. The minimum Gasteiger partial charge on any atom is -0.369 e. The summed E-state index contributed by atoms with van der Waals surface area (Å²) in [4.78, 5) is 54.5. The Bertz CT molecular complexity index is 1380. The fraction of sp³-hybridized carbons (Fsp3) is 0.286. The van der Waals surface area contributed by atoms with E-state index in [0.717, 1.165) is 21.9 Å². The molecule has 4 rings (SSSR count). The number of para-hydroxylation sites is 2. The predicted octanol–water partition coefficient (Wildman–Crippen LogP) is 2.42. The zero-order chi connectivity index (χ0) is 26.7. The molecule has 1 aliphatic heterocycles. The first-order valence-electron chi connectivity index (χ1n) is 12.1. The van der Waals surface area contributed by atoms with Crippen molar-refractivity contribution in [2.75, 3.05) is 23.4 Å². The van der Waals surface area contributed by atoms with Crippen LogP contribution in [0.15, 0.2) is 60.7 Å². The molecular weight excluding hydrogens is 506 g/mol. The molecule has 10 heteroatoms. The molecule has 0 radical (unpaired) electrons. The summed E-state index contributed by atoms with van der Waals surface area (Å²) in [7, 11) is 1.65. The second kappa shape index (κ2) is 12.1. The first-order valence-corrected chi connectivity index (χ1v) is 12.1. The number of carbonyl (C=O) groups is 4. The molecule has 0 aromatic heterocycles. The van der Waals surface area contributed by atoms with Gasteiger partial charge in [0.2, 0.25) is 17.7 Å². The lowest BCUT2D eigenvalue weighted by Crippen LogP contribution is -2.56. The number of fused-ring (bicyclic) bond motifs is 2. The third kappa shape index (κ3) is 5.79. The van der Waals surface area contributed by atoms with Crippen molar-refractivity contribution < 1.29 is 19.2 Å². The molecule has 0 bridgehead atoms. The van der Waals surface area contributed by atoms with E-state index in [1.165, 1.54) is 4.90 Å². The third-order valence-electron chi connectivity index (χ3n) is 6.75. The van der Waals surface area contributed by atoms with E-state index in [1.807, 2.05) is 43.3 Å². The maximum Gasteiger partial charge on any atom is 0.251 e. The zero-order valence-electron chi connectivity index (χ0n) is 21.6. The van der Waals surface area contributed by atoms with Crippen LogP contribution >= 0.6 is 12.4 Å². The smallest absolute Gasteiger partial charge is 0.251 e. The van der Waals surface area contributed by atoms with Gasteiger partial charge < -0.3 is 26.2 Å². The van der Waals surface area contributed by atoms with Crippen molar-refractivity contribution >= 4 is 58.2 Å². The van der Waals surface area contributed by atoms with Crippen molar-refractivity contribution in [1.29, 1.82) is 0 Å². The molecular formula is C28H32ClN5O4. The van der Waals surface area contributed by atoms with Crippen molar-refractivity contribution in [3.63, 3.8) is 0 Å². The summed E-state index contributed by atoms with van der Waals surface area (Å²) in [5.41, 5.74) is 8.28. The number of benzene rings is 3. The van der Waals surface area contributed by atoms with Crippen molar-refractivity contribution in [1.82, 2.24) is 10.6 Å². The van der Waals surface area contributed by atoms with E-state index in [0.29, 0.717) is 11.4 Å². The van der Waals surface area contributed by atoms with Crippen LogP contribution in [0.4, 0.5) is 11.4 Å². The molecule has 9 nitrogen and oxygen atoms in total. The van der Waals surface area contributed by atoms with Gasteiger partial charge >= 0.3 is 0 Å². The number of nitrogens with two attached hydrogens (primary N) is 1. The summed E-state index contributed by atoms with van der Waals surface area (Å²) in [5, 5.41) is 7.72. The Balaban J connectivity index is 0.00000400. The van der Waals surface area contributed by atoms with Crippen LogP contribution in [0.2, 0.25) is 0 Å². The minimum atomic E-state index is -1.04. The van der Waals surface area contributed by atoms with Gasteiger partial charge in [0.1, 0.15) is 12.5 Å². The number of nitrogens with one attached hydrogen (secondary N) is 2. The van der Waals surface area contributed by atoms with E-state index >= 15 is 0 Å². The Morgan fingerprint density at radius 2 is 1.68 bits per heavy atom. The number of anilines is 2. The van der Waals surface area contributed by atoms with Crippen LogP contribution in [0.1, 0.15) is 24.5 Å². The summed E-state index contributed by atoms with van der Waals surface area (Å²) >= 11 is 0. The predicted molar refractivity (Wildman–Crippen MR) is 150 cm³/mol. The molecule has 3 aromatic rings. The highest BCUT2D eigenvalue weighted by Crippen LogP contribution is 2.35. The van der Waals surface area contributed by atoms with Crippen LogP contribution in [-0.4, -0.2) is 49.3 Å². The van der Waals surface area contributed by atoms with Crippen LogP contribution in [-0.2, 0) is 25.7 Å². The van der Waals surface area contributed by atoms with Gasteiger partial charge in [-0.05, 0) is 54.9 Å². The Hall–Kier alpha value is -3.95. The number of aryl methyl sites for hydroxylation is 1. The van der Waals surface area contributed by atoms with E-state index in [4.69, 9.17) is 5.73 Å². The molecule has 1 unspecified atom stereocenters. The normalized spacial score (nSPS) is 15.8. The van der Waals surface area contributed by atoms with Crippen LogP contribution in [0.25, 0.3) is 10.8 Å². The number of likely N-dealkylation sites (N-methyl/N-ethyl adjacent to an activating group) is 1. The Kier molecular flexibility index (Phi) is 9.08. The number of primary amides is 1. The maximum absolute atomic E-state index is 14.1. The van der Waals surface area contributed by atoms with E-state index in [-0.39, 0.29) is 37.3 Å². The first-order chi connectivity index (χ1) is 17.7. The van der Waals surface area contributed by atoms with Gasteiger partial charge in [0.15, 0.2) is 0 Å². The van der Waals surface area contributed by atoms with Gasteiger partial charge in [0.05, 0.1) is 30.5 Å². The summed E-state index contributed by atoms with van der Waals surface area (Å²) in [6.07, 6.45) is -0.515. The quantitative estimate of drug-likeness (QED) is 0.399. The first kappa shape index (κ1) is 28.6. The number of halogens is 1. The Labute approximate surface area is 227 Å². The Morgan fingerprint density at radius 1 is 1.03 bits per heavy atom. The highest BCUT2D eigenvalue weighted by atomic mass is 35.5. The molecule has 0 spiro atoms. The monoisotopic (exact) mass is 537 g/mol. The standard InChI is InChI=1S/C28H31N5O4.ClH/c1-17-12-13-19-8-4-5-9-20(19)21(17)15-33-24-11-7-6-10-23(24)32(26(35)14-25(29)34)16-22(28(33)37)31-27(36)18(2)30-3;/h4-13,18,22,30H,14-16H2,1-3H3,(H2,29,34)(H,31,36);1H/t18?,22-;/m0./s1. The largest absolute Gasteiger partial charge is 0.369 e. The average molecular weight is 538 g/mol. The summed E-state index contributed by atoms with van der Waals surface area (Å²) in [5.74, 6) is -2.05. The number of hydrogen-bond acceptors (Lipinski definition) is 5. The summed E-state index contributed by atoms with van der Waals surface area (Å²) < 4.78 is 0. The van der Waals surface area contributed by atoms with Crippen LogP contribution in [0.3, 0.4) is 0 Å². The zero-order valence-corrected chi connectivity index (χ0v) is 22.4. The molecule has 3 aromatic carbocycles. The minimum absolute atomic E-state index is 0. The molecule has 2 atom stereocenters. The van der Waals surface area contributed by atoms with Gasteiger partial charge in [0.25, 0.3) is 5.91 Å². The van der Waals surface area contributed by atoms with Crippen LogP contribution < -0.4 is 26.2 Å². The van der Waals surface area contributed by atoms with Crippen molar-refractivity contribution in [3.05, 3.63) is 71.8 Å². The van der Waals surface area contributed by atoms with Crippen LogP contribution in [0, 0.1) is 6.92 Å². The molecule has 0 fully saturated rings. The van der Waals surface area contributed by atoms with Gasteiger partial charge in [-0.2, -0.15) is 0 Å². The molecule has 1 heterocycles. The highest BCUT2D eigenvalue weighted by Gasteiger charge is 2.37. The molecule has 0 saturated heterocycles. The molecule has 0 aliphatic carbocycles. The van der Waals surface area contributed by atoms with E-state index in [9.17, 15) is 19.2 Å². The number of nitrogens with zero attached hydrogens (tertiary/aromatic N) is 2. The van der Waals surface area contributed by atoms with Gasteiger partial charge in [-0.15, -0.1) is 12.4 Å². The SMILES string of the molecule is CNC(C)C(=O)N[C@H]1CN(C(=O)CC(N)=O)c2ccccc2N(Cc2c(C)ccc3ccccc23)C1=O.Cl. The van der Waals surface area contributed by atoms with Crippen molar-refractivity contribution in [2.45, 2.75) is 38.9 Å². The molecule has 4 amide bonds. The number of carbonyl (C=O) groups excluding carboxylic acids is 4. The molecule has 0 saturated carbocycles. The molecule has 200 valence electrons.